The normalized spacial score (nSPS) is 13.0. The number of aryl methyl sites for hydroxylation is 1. The fraction of sp³-hybridized carbons (Fsp3) is 0.300. The van der Waals surface area contributed by atoms with Crippen LogP contribution in [0.3, 0.4) is 0 Å². The molecule has 3 N–H and O–H groups in total. The molecule has 1 rings (SSSR count). The first-order chi connectivity index (χ1) is 7.87. The van der Waals surface area contributed by atoms with E-state index >= 15 is 0 Å². The first kappa shape index (κ1) is 13.5. The highest BCUT2D eigenvalue weighted by Crippen LogP contribution is 2.14. The monoisotopic (exact) mass is 257 g/mol. The molecule has 17 heavy (non-hydrogen) atoms. The molecule has 0 saturated carbocycles. The number of sulfonamides is 1. The molecule has 0 saturated heterocycles. The van der Waals surface area contributed by atoms with Crippen LogP contribution in [0.25, 0.3) is 0 Å². The Balaban J connectivity index is 2.99. The van der Waals surface area contributed by atoms with Gasteiger partial charge in [0.25, 0.3) is 0 Å². The van der Waals surface area contributed by atoms with E-state index in [1.165, 1.54) is 19.2 Å². The largest absolute Gasteiger partial charge is 0.409 e. The Morgan fingerprint density at radius 2 is 1.94 bits per heavy atom. The lowest BCUT2D eigenvalue weighted by Crippen LogP contribution is -2.35. The summed E-state index contributed by atoms with van der Waals surface area (Å²) in [4.78, 5) is 0.177. The van der Waals surface area contributed by atoms with Gasteiger partial charge in [-0.15, -0.1) is 0 Å². The summed E-state index contributed by atoms with van der Waals surface area (Å²) in [5.41, 5.74) is 6.24. The van der Waals surface area contributed by atoms with E-state index in [9.17, 15) is 8.42 Å². The SMILES string of the molecule is Cc1ccc(S(=O)(=O)N(C)CC(N)=NO)cc1. The number of likely N-dealkylation sites (N-methyl/N-ethyl adjacent to an activating group) is 1. The zero-order valence-corrected chi connectivity index (χ0v) is 10.5. The quantitative estimate of drug-likeness (QED) is 0.352. The molecule has 0 bridgehead atoms. The maximum absolute atomic E-state index is 12.0. The van der Waals surface area contributed by atoms with E-state index in [1.54, 1.807) is 12.1 Å². The van der Waals surface area contributed by atoms with Crippen LogP contribution in [0.4, 0.5) is 0 Å². The second kappa shape index (κ2) is 5.15. The Labute approximate surface area is 100 Å². The van der Waals surface area contributed by atoms with Crippen LogP contribution in [0, 0.1) is 6.92 Å². The van der Waals surface area contributed by atoms with Crippen molar-refractivity contribution in [1.82, 2.24) is 4.31 Å². The van der Waals surface area contributed by atoms with E-state index in [2.05, 4.69) is 5.16 Å². The van der Waals surface area contributed by atoms with Gasteiger partial charge < -0.3 is 10.9 Å². The average molecular weight is 257 g/mol. The van der Waals surface area contributed by atoms with Crippen molar-refractivity contribution in [3.05, 3.63) is 29.8 Å². The van der Waals surface area contributed by atoms with Crippen LogP contribution in [0.5, 0.6) is 0 Å². The van der Waals surface area contributed by atoms with Gasteiger partial charge in [-0.1, -0.05) is 22.9 Å². The lowest BCUT2D eigenvalue weighted by atomic mass is 10.2. The molecule has 0 amide bonds. The van der Waals surface area contributed by atoms with Gasteiger partial charge in [0, 0.05) is 7.05 Å². The summed E-state index contributed by atoms with van der Waals surface area (Å²) in [7, 11) is -2.23. The summed E-state index contributed by atoms with van der Waals surface area (Å²) >= 11 is 0. The topological polar surface area (TPSA) is 96.0 Å². The summed E-state index contributed by atoms with van der Waals surface area (Å²) < 4.78 is 25.1. The predicted octanol–water partition coefficient (Wildman–Crippen LogP) is 0.362. The Morgan fingerprint density at radius 1 is 1.41 bits per heavy atom. The van der Waals surface area contributed by atoms with Gasteiger partial charge in [-0.2, -0.15) is 4.31 Å². The zero-order valence-electron chi connectivity index (χ0n) is 9.66. The molecule has 1 aromatic rings. The van der Waals surface area contributed by atoms with Crippen LogP contribution in [-0.4, -0.2) is 37.4 Å². The van der Waals surface area contributed by atoms with Gasteiger partial charge in [-0.3, -0.25) is 0 Å². The van der Waals surface area contributed by atoms with Crippen LogP contribution < -0.4 is 5.73 Å². The molecule has 0 unspecified atom stereocenters. The van der Waals surface area contributed by atoms with Crippen molar-refractivity contribution in [1.29, 1.82) is 0 Å². The molecule has 0 spiro atoms. The average Bonchev–Trinajstić information content (AvgIpc) is 2.29. The third-order valence-corrected chi connectivity index (χ3v) is 4.06. The van der Waals surface area contributed by atoms with Gasteiger partial charge >= 0.3 is 0 Å². The van der Waals surface area contributed by atoms with Gasteiger partial charge in [0.15, 0.2) is 5.84 Å². The molecule has 6 nitrogen and oxygen atoms in total. The number of nitrogens with zero attached hydrogens (tertiary/aromatic N) is 2. The second-order valence-corrected chi connectivity index (χ2v) is 5.71. The zero-order chi connectivity index (χ0) is 13.1. The molecule has 0 aliphatic heterocycles. The maximum atomic E-state index is 12.0. The first-order valence-corrected chi connectivity index (χ1v) is 6.31. The fourth-order valence-corrected chi connectivity index (χ4v) is 2.38. The number of hydrogen-bond donors (Lipinski definition) is 2. The van der Waals surface area contributed by atoms with E-state index < -0.39 is 10.0 Å². The van der Waals surface area contributed by atoms with Crippen LogP contribution in [-0.2, 0) is 10.0 Å². The Bertz CT molecular complexity index is 508. The fourth-order valence-electron chi connectivity index (χ4n) is 1.23. The summed E-state index contributed by atoms with van der Waals surface area (Å²) in [5.74, 6) is -0.164. The molecule has 0 aromatic heterocycles. The molecular weight excluding hydrogens is 242 g/mol. The number of amidine groups is 1. The van der Waals surface area contributed by atoms with Crippen molar-refractivity contribution in [2.24, 2.45) is 10.9 Å². The van der Waals surface area contributed by atoms with Gasteiger partial charge in [-0.05, 0) is 19.1 Å². The van der Waals surface area contributed by atoms with E-state index in [-0.39, 0.29) is 17.3 Å². The second-order valence-electron chi connectivity index (χ2n) is 3.67. The molecule has 0 heterocycles. The Morgan fingerprint density at radius 3 is 2.41 bits per heavy atom. The highest BCUT2D eigenvalue weighted by atomic mass is 32.2. The van der Waals surface area contributed by atoms with Crippen LogP contribution in [0.15, 0.2) is 34.3 Å². The maximum Gasteiger partial charge on any atom is 0.243 e. The Hall–Kier alpha value is -1.60. The molecule has 7 heteroatoms. The van der Waals surface area contributed by atoms with Crippen LogP contribution in [0.1, 0.15) is 5.56 Å². The summed E-state index contributed by atoms with van der Waals surface area (Å²) in [6.07, 6.45) is 0. The van der Waals surface area contributed by atoms with Crippen molar-refractivity contribution >= 4 is 15.9 Å². The van der Waals surface area contributed by atoms with Crippen molar-refractivity contribution < 1.29 is 13.6 Å². The highest BCUT2D eigenvalue weighted by Gasteiger charge is 2.21. The molecule has 94 valence electrons. The molecule has 0 atom stereocenters. The van der Waals surface area contributed by atoms with Crippen molar-refractivity contribution in [2.75, 3.05) is 13.6 Å². The van der Waals surface area contributed by atoms with E-state index in [0.717, 1.165) is 9.87 Å². The predicted molar refractivity (Wildman–Crippen MR) is 64.4 cm³/mol. The minimum absolute atomic E-state index is 0.160. The highest BCUT2D eigenvalue weighted by molar-refractivity contribution is 7.89. The Kier molecular flexibility index (Phi) is 4.08. The number of nitrogens with two attached hydrogens (primary N) is 1. The molecule has 0 radical (unpaired) electrons. The summed E-state index contributed by atoms with van der Waals surface area (Å²) in [6, 6.07) is 6.47. The molecule has 1 aromatic carbocycles. The van der Waals surface area contributed by atoms with Crippen molar-refractivity contribution in [2.45, 2.75) is 11.8 Å². The van der Waals surface area contributed by atoms with E-state index in [4.69, 9.17) is 10.9 Å². The van der Waals surface area contributed by atoms with Crippen LogP contribution >= 0.6 is 0 Å². The molecule has 0 fully saturated rings. The minimum atomic E-state index is -3.60. The third kappa shape index (κ3) is 3.18. The standard InChI is InChI=1S/C10H15N3O3S/c1-8-3-5-9(6-4-8)17(15,16)13(2)7-10(11)12-14/h3-6,14H,7H2,1-2H3,(H2,11,12). The van der Waals surface area contributed by atoms with Crippen LogP contribution in [0.2, 0.25) is 0 Å². The molecular formula is C10H15N3O3S. The van der Waals surface area contributed by atoms with Gasteiger partial charge in [0.05, 0.1) is 11.4 Å². The van der Waals surface area contributed by atoms with Crippen molar-refractivity contribution in [3.8, 4) is 0 Å². The lowest BCUT2D eigenvalue weighted by molar-refractivity contribution is 0.315. The van der Waals surface area contributed by atoms with Gasteiger partial charge in [0.2, 0.25) is 10.0 Å². The van der Waals surface area contributed by atoms with E-state index in [1.807, 2.05) is 6.92 Å². The van der Waals surface area contributed by atoms with Crippen molar-refractivity contribution in [3.63, 3.8) is 0 Å². The first-order valence-electron chi connectivity index (χ1n) is 4.87. The molecule has 0 aliphatic carbocycles. The number of rotatable bonds is 4. The van der Waals surface area contributed by atoms with E-state index in [0.29, 0.717) is 0 Å². The number of hydrogen-bond acceptors (Lipinski definition) is 4. The number of benzene rings is 1. The summed E-state index contributed by atoms with van der Waals surface area (Å²) in [5, 5.41) is 11.1. The smallest absolute Gasteiger partial charge is 0.243 e. The number of oxime groups is 1. The minimum Gasteiger partial charge on any atom is -0.409 e. The van der Waals surface area contributed by atoms with Gasteiger partial charge in [0.1, 0.15) is 0 Å². The van der Waals surface area contributed by atoms with Gasteiger partial charge in [-0.25, -0.2) is 8.42 Å². The summed E-state index contributed by atoms with van der Waals surface area (Å²) in [6.45, 7) is 1.71. The molecule has 0 aliphatic rings. The third-order valence-electron chi connectivity index (χ3n) is 2.24. The lowest BCUT2D eigenvalue weighted by Gasteiger charge is -2.16.